The molecule has 1 aliphatic rings. The first-order valence-electron chi connectivity index (χ1n) is 9.09. The van der Waals surface area contributed by atoms with Crippen molar-refractivity contribution in [3.63, 3.8) is 0 Å². The monoisotopic (exact) mass is 410 g/mol. The van der Waals surface area contributed by atoms with E-state index >= 15 is 0 Å². The molecule has 29 heavy (non-hydrogen) atoms. The summed E-state index contributed by atoms with van der Waals surface area (Å²) in [6, 6.07) is 8.09. The average Bonchev–Trinajstić information content (AvgIpc) is 3.02. The lowest BCUT2D eigenvalue weighted by molar-refractivity contribution is 0.0686. The molecule has 0 aliphatic carbocycles. The molecule has 0 atom stereocenters. The Bertz CT molecular complexity index is 1150. The van der Waals surface area contributed by atoms with Crippen molar-refractivity contribution >= 4 is 50.0 Å². The molecule has 1 aliphatic heterocycles. The first-order valence-corrected chi connectivity index (χ1v) is 9.91. The van der Waals surface area contributed by atoms with Crippen molar-refractivity contribution in [1.29, 1.82) is 0 Å². The van der Waals surface area contributed by atoms with Crippen LogP contribution in [0.4, 0.5) is 16.5 Å². The van der Waals surface area contributed by atoms with Crippen molar-refractivity contribution in [2.24, 2.45) is 10.2 Å². The molecule has 0 spiro atoms. The number of hydrogen-bond donors (Lipinski definition) is 2. The minimum absolute atomic E-state index is 0.0931. The topological polar surface area (TPSA) is 115 Å². The fraction of sp³-hybridized carbons (Fsp3) is 0.250. The lowest BCUT2D eigenvalue weighted by Gasteiger charge is -2.20. The van der Waals surface area contributed by atoms with Crippen LogP contribution in [0, 0.1) is 0 Å². The predicted octanol–water partition coefficient (Wildman–Crippen LogP) is 4.88. The largest absolute Gasteiger partial charge is 0.478 e. The van der Waals surface area contributed by atoms with Gasteiger partial charge in [0, 0.05) is 19.3 Å². The van der Waals surface area contributed by atoms with Gasteiger partial charge in [0.15, 0.2) is 0 Å². The van der Waals surface area contributed by atoms with Crippen LogP contribution in [0.3, 0.4) is 0 Å². The number of carboxylic acid groups (broad SMARTS) is 2. The third-order valence-electron chi connectivity index (χ3n) is 4.90. The van der Waals surface area contributed by atoms with Crippen molar-refractivity contribution < 1.29 is 19.8 Å². The summed E-state index contributed by atoms with van der Waals surface area (Å²) in [4.78, 5) is 29.3. The molecule has 2 N–H and O–H groups in total. The third kappa shape index (κ3) is 3.81. The van der Waals surface area contributed by atoms with Crippen molar-refractivity contribution in [2.75, 3.05) is 18.5 Å². The van der Waals surface area contributed by atoms with E-state index in [0.717, 1.165) is 37.1 Å². The first kappa shape index (κ1) is 19.0. The molecule has 9 heteroatoms. The van der Waals surface area contributed by atoms with Crippen LogP contribution in [-0.2, 0) is 6.42 Å². The smallest absolute Gasteiger partial charge is 0.338 e. The summed E-state index contributed by atoms with van der Waals surface area (Å²) in [7, 11) is 1.96. The van der Waals surface area contributed by atoms with Crippen LogP contribution in [0.25, 0.3) is 10.2 Å². The zero-order chi connectivity index (χ0) is 20.5. The number of aryl methyl sites for hydroxylation is 1. The Balaban J connectivity index is 1.72. The fourth-order valence-electron chi connectivity index (χ4n) is 3.40. The molecular formula is C20H18N4O4S. The number of anilines is 1. The second kappa shape index (κ2) is 7.59. The van der Waals surface area contributed by atoms with Gasteiger partial charge in [-0.15, -0.1) is 10.2 Å². The third-order valence-corrected chi connectivity index (χ3v) is 5.80. The van der Waals surface area contributed by atoms with Gasteiger partial charge in [0.2, 0.25) is 5.13 Å². The van der Waals surface area contributed by atoms with Crippen molar-refractivity contribution in [2.45, 2.75) is 19.3 Å². The highest BCUT2D eigenvalue weighted by Crippen LogP contribution is 2.35. The quantitative estimate of drug-likeness (QED) is 0.592. The highest BCUT2D eigenvalue weighted by atomic mass is 32.1. The van der Waals surface area contributed by atoms with E-state index in [-0.39, 0.29) is 16.8 Å². The highest BCUT2D eigenvalue weighted by Gasteiger charge is 2.19. The Morgan fingerprint density at radius 1 is 1.10 bits per heavy atom. The summed E-state index contributed by atoms with van der Waals surface area (Å²) >= 11 is 1.20. The summed E-state index contributed by atoms with van der Waals surface area (Å²) in [6.45, 7) is 0.886. The number of nitrogens with zero attached hydrogens (tertiary/aromatic N) is 4. The molecule has 2 heterocycles. The molecule has 0 bridgehead atoms. The van der Waals surface area contributed by atoms with Gasteiger partial charge < -0.3 is 15.1 Å². The summed E-state index contributed by atoms with van der Waals surface area (Å²) in [6.07, 6.45) is 2.94. The molecule has 8 nitrogen and oxygen atoms in total. The number of aromatic carboxylic acids is 2. The van der Waals surface area contributed by atoms with Crippen molar-refractivity contribution in [3.05, 3.63) is 47.0 Å². The minimum atomic E-state index is -1.06. The first-order chi connectivity index (χ1) is 13.9. The van der Waals surface area contributed by atoms with E-state index in [4.69, 9.17) is 5.11 Å². The van der Waals surface area contributed by atoms with Crippen LogP contribution in [0.15, 0.2) is 40.6 Å². The Kier molecular flexibility index (Phi) is 4.98. The van der Waals surface area contributed by atoms with Gasteiger partial charge in [-0.2, -0.15) is 0 Å². The van der Waals surface area contributed by atoms with E-state index in [1.54, 1.807) is 18.2 Å². The van der Waals surface area contributed by atoms with Gasteiger partial charge in [0.1, 0.15) is 5.69 Å². The maximum Gasteiger partial charge on any atom is 0.338 e. The summed E-state index contributed by atoms with van der Waals surface area (Å²) in [5, 5.41) is 27.4. The number of benzene rings is 2. The molecule has 0 fully saturated rings. The normalized spacial score (nSPS) is 14.2. The SMILES string of the molecule is CN1CCCCc2cc(N=Nc3nc4ccc(C(=O)O)cc4s3)c(C(=O)O)cc21. The minimum Gasteiger partial charge on any atom is -0.478 e. The number of hydrogen-bond acceptors (Lipinski definition) is 7. The van der Waals surface area contributed by atoms with Gasteiger partial charge in [-0.1, -0.05) is 11.3 Å². The summed E-state index contributed by atoms with van der Waals surface area (Å²) in [5.41, 5.74) is 3.15. The van der Waals surface area contributed by atoms with Gasteiger partial charge in [-0.25, -0.2) is 14.6 Å². The Labute approximate surface area is 170 Å². The average molecular weight is 410 g/mol. The molecule has 3 aromatic rings. The zero-order valence-corrected chi connectivity index (χ0v) is 16.4. The molecule has 0 saturated carbocycles. The number of rotatable bonds is 4. The fourth-order valence-corrected chi connectivity index (χ4v) is 4.23. The van der Waals surface area contributed by atoms with E-state index in [9.17, 15) is 14.7 Å². The van der Waals surface area contributed by atoms with E-state index in [1.165, 1.54) is 23.5 Å². The number of carboxylic acids is 2. The van der Waals surface area contributed by atoms with Crippen LogP contribution in [-0.4, -0.2) is 40.7 Å². The van der Waals surface area contributed by atoms with Crippen LogP contribution >= 0.6 is 11.3 Å². The predicted molar refractivity (Wildman–Crippen MR) is 110 cm³/mol. The second-order valence-corrected chi connectivity index (χ2v) is 7.88. The second-order valence-electron chi connectivity index (χ2n) is 6.87. The van der Waals surface area contributed by atoms with Crippen LogP contribution in [0.5, 0.6) is 0 Å². The van der Waals surface area contributed by atoms with E-state index in [1.807, 2.05) is 7.05 Å². The molecular weight excluding hydrogens is 392 g/mol. The van der Waals surface area contributed by atoms with Gasteiger partial charge >= 0.3 is 11.9 Å². The standard InChI is InChI=1S/C20H18N4O4S/c1-24-7-3-2-4-11-8-15(13(19(27)28)10-16(11)24)22-23-20-21-14-6-5-12(18(25)26)9-17(14)29-20/h5-6,8-10H,2-4,7H2,1H3,(H,25,26)(H,27,28). The van der Waals surface area contributed by atoms with Gasteiger partial charge in [0.05, 0.1) is 21.3 Å². The molecule has 148 valence electrons. The zero-order valence-electron chi connectivity index (χ0n) is 15.6. The summed E-state index contributed by atoms with van der Waals surface area (Å²) in [5.74, 6) is -2.07. The number of azo groups is 1. The van der Waals surface area contributed by atoms with E-state index < -0.39 is 11.9 Å². The summed E-state index contributed by atoms with van der Waals surface area (Å²) < 4.78 is 0.681. The Morgan fingerprint density at radius 2 is 1.93 bits per heavy atom. The molecule has 1 aromatic heterocycles. The lowest BCUT2D eigenvalue weighted by atomic mass is 10.0. The van der Waals surface area contributed by atoms with Gasteiger partial charge in [-0.3, -0.25) is 0 Å². The molecule has 0 unspecified atom stereocenters. The van der Waals surface area contributed by atoms with E-state index in [0.29, 0.717) is 15.3 Å². The molecule has 0 amide bonds. The van der Waals surface area contributed by atoms with Crippen LogP contribution in [0.1, 0.15) is 39.1 Å². The van der Waals surface area contributed by atoms with Gasteiger partial charge in [-0.05, 0) is 55.2 Å². The molecule has 4 rings (SSSR count). The number of aromatic nitrogens is 1. The lowest BCUT2D eigenvalue weighted by Crippen LogP contribution is -2.18. The molecule has 0 radical (unpaired) electrons. The maximum atomic E-state index is 11.8. The molecule has 0 saturated heterocycles. The highest BCUT2D eigenvalue weighted by molar-refractivity contribution is 7.21. The Hall–Kier alpha value is -3.33. The number of carbonyl (C=O) groups is 2. The Morgan fingerprint density at radius 3 is 2.69 bits per heavy atom. The maximum absolute atomic E-state index is 11.8. The van der Waals surface area contributed by atoms with Gasteiger partial charge in [0.25, 0.3) is 0 Å². The molecule has 2 aromatic carbocycles. The number of fused-ring (bicyclic) bond motifs is 2. The van der Waals surface area contributed by atoms with Crippen molar-refractivity contribution in [3.8, 4) is 0 Å². The van der Waals surface area contributed by atoms with Crippen LogP contribution in [0.2, 0.25) is 0 Å². The van der Waals surface area contributed by atoms with Crippen LogP contribution < -0.4 is 4.90 Å². The van der Waals surface area contributed by atoms with E-state index in [2.05, 4.69) is 20.1 Å². The number of thiazole rings is 1. The van der Waals surface area contributed by atoms with Crippen molar-refractivity contribution in [1.82, 2.24) is 4.98 Å².